The highest BCUT2D eigenvalue weighted by molar-refractivity contribution is 5.78. The molecule has 1 aromatic heterocycles. The van der Waals surface area contributed by atoms with E-state index in [1.54, 1.807) is 6.20 Å². The normalized spacial score (nSPS) is 22.4. The van der Waals surface area contributed by atoms with Gasteiger partial charge in [0.05, 0.1) is 19.3 Å². The summed E-state index contributed by atoms with van der Waals surface area (Å²) >= 11 is 0. The van der Waals surface area contributed by atoms with Gasteiger partial charge >= 0.3 is 0 Å². The highest BCUT2D eigenvalue weighted by Crippen LogP contribution is 2.14. The molecule has 0 aromatic carbocycles. The molecular formula is C17H26N4O2. The molecule has 1 aromatic rings. The average Bonchev–Trinajstić information content (AvgIpc) is 3.08. The second-order valence-electron chi connectivity index (χ2n) is 6.44. The molecule has 0 radical (unpaired) electrons. The Hall–Kier alpha value is -1.66. The molecule has 2 aliphatic heterocycles. The third kappa shape index (κ3) is 4.65. The smallest absolute Gasteiger partial charge is 0.236 e. The van der Waals surface area contributed by atoms with Crippen molar-refractivity contribution >= 4 is 11.7 Å². The second-order valence-corrected chi connectivity index (χ2v) is 6.44. The number of likely N-dealkylation sites (tertiary alicyclic amines) is 1. The van der Waals surface area contributed by atoms with Crippen LogP contribution in [0.5, 0.6) is 0 Å². The zero-order valence-electron chi connectivity index (χ0n) is 13.6. The standard InChI is InChI=1S/C17H26N4O2/c18-16-11-14(5-6-19-16)3-4-15-12-20(9-10-23-15)13-17(22)21-7-1-2-8-21/h5-6,11,15H,1-4,7-10,12-13H2,(H2,18,19)/t15-/m0/s1. The van der Waals surface area contributed by atoms with Crippen LogP contribution in [0.25, 0.3) is 0 Å². The van der Waals surface area contributed by atoms with Crippen LogP contribution in [-0.2, 0) is 16.0 Å². The van der Waals surface area contributed by atoms with Gasteiger partial charge in [0.25, 0.3) is 0 Å². The number of amides is 1. The van der Waals surface area contributed by atoms with Crippen molar-refractivity contribution in [3.63, 3.8) is 0 Å². The van der Waals surface area contributed by atoms with Gasteiger partial charge < -0.3 is 15.4 Å². The van der Waals surface area contributed by atoms with E-state index < -0.39 is 0 Å². The quantitative estimate of drug-likeness (QED) is 0.874. The van der Waals surface area contributed by atoms with Crippen LogP contribution in [0.4, 0.5) is 5.82 Å². The molecule has 126 valence electrons. The monoisotopic (exact) mass is 318 g/mol. The Labute approximate surface area is 137 Å². The second kappa shape index (κ2) is 7.75. The van der Waals surface area contributed by atoms with Crippen LogP contribution in [0.3, 0.4) is 0 Å². The summed E-state index contributed by atoms with van der Waals surface area (Å²) in [6.07, 6.45) is 6.08. The fourth-order valence-electron chi connectivity index (χ4n) is 3.33. The van der Waals surface area contributed by atoms with Crippen LogP contribution in [0.1, 0.15) is 24.8 Å². The molecule has 2 saturated heterocycles. The van der Waals surface area contributed by atoms with E-state index in [1.165, 1.54) is 5.56 Å². The van der Waals surface area contributed by atoms with Gasteiger partial charge in [0, 0.05) is 32.4 Å². The zero-order chi connectivity index (χ0) is 16.1. The number of hydrogen-bond acceptors (Lipinski definition) is 5. The molecule has 2 fully saturated rings. The van der Waals surface area contributed by atoms with Crippen molar-refractivity contribution in [1.82, 2.24) is 14.8 Å². The van der Waals surface area contributed by atoms with E-state index in [2.05, 4.69) is 9.88 Å². The number of nitrogens with two attached hydrogens (primary N) is 1. The maximum atomic E-state index is 12.3. The predicted octanol–water partition coefficient (Wildman–Crippen LogP) is 0.920. The molecule has 23 heavy (non-hydrogen) atoms. The molecule has 0 unspecified atom stereocenters. The van der Waals surface area contributed by atoms with Gasteiger partial charge in [0.15, 0.2) is 0 Å². The number of morpholine rings is 1. The highest BCUT2D eigenvalue weighted by atomic mass is 16.5. The Morgan fingerprint density at radius 1 is 1.35 bits per heavy atom. The average molecular weight is 318 g/mol. The largest absolute Gasteiger partial charge is 0.384 e. The first-order valence-corrected chi connectivity index (χ1v) is 8.53. The van der Waals surface area contributed by atoms with E-state index in [0.29, 0.717) is 19.0 Å². The van der Waals surface area contributed by atoms with Crippen LogP contribution >= 0.6 is 0 Å². The molecule has 6 nitrogen and oxygen atoms in total. The molecule has 0 spiro atoms. The number of carbonyl (C=O) groups is 1. The SMILES string of the molecule is Nc1cc(CC[C@H]2CN(CC(=O)N3CCCC3)CCO2)ccn1. The van der Waals surface area contributed by atoms with Crippen LogP contribution < -0.4 is 5.73 Å². The summed E-state index contributed by atoms with van der Waals surface area (Å²) in [7, 11) is 0. The number of aryl methyl sites for hydroxylation is 1. The molecule has 3 heterocycles. The lowest BCUT2D eigenvalue weighted by Crippen LogP contribution is -2.47. The van der Waals surface area contributed by atoms with Crippen molar-refractivity contribution in [3.8, 4) is 0 Å². The van der Waals surface area contributed by atoms with E-state index in [-0.39, 0.29) is 12.0 Å². The highest BCUT2D eigenvalue weighted by Gasteiger charge is 2.25. The van der Waals surface area contributed by atoms with Crippen LogP contribution in [0.2, 0.25) is 0 Å². The van der Waals surface area contributed by atoms with Gasteiger partial charge in [-0.15, -0.1) is 0 Å². The molecule has 1 atom stereocenters. The minimum Gasteiger partial charge on any atom is -0.384 e. The van der Waals surface area contributed by atoms with E-state index in [0.717, 1.165) is 51.9 Å². The van der Waals surface area contributed by atoms with Crippen molar-refractivity contribution in [2.45, 2.75) is 31.8 Å². The van der Waals surface area contributed by atoms with Gasteiger partial charge in [-0.3, -0.25) is 9.69 Å². The number of hydrogen-bond donors (Lipinski definition) is 1. The number of carbonyl (C=O) groups excluding carboxylic acids is 1. The number of ether oxygens (including phenoxy) is 1. The predicted molar refractivity (Wildman–Crippen MR) is 89.0 cm³/mol. The number of pyridine rings is 1. The Bertz CT molecular complexity index is 531. The van der Waals surface area contributed by atoms with E-state index in [9.17, 15) is 4.79 Å². The van der Waals surface area contributed by atoms with Crippen molar-refractivity contribution in [2.24, 2.45) is 0 Å². The topological polar surface area (TPSA) is 71.7 Å². The fraction of sp³-hybridized carbons (Fsp3) is 0.647. The van der Waals surface area contributed by atoms with E-state index >= 15 is 0 Å². The van der Waals surface area contributed by atoms with Crippen molar-refractivity contribution < 1.29 is 9.53 Å². The van der Waals surface area contributed by atoms with Gasteiger partial charge in [0.2, 0.25) is 5.91 Å². The molecule has 2 N–H and O–H groups in total. The minimum atomic E-state index is 0.185. The first-order chi connectivity index (χ1) is 11.2. The van der Waals surface area contributed by atoms with Crippen molar-refractivity contribution in [2.75, 3.05) is 45.1 Å². The molecule has 3 rings (SSSR count). The van der Waals surface area contributed by atoms with Crippen LogP contribution in [0.15, 0.2) is 18.3 Å². The molecule has 0 saturated carbocycles. The molecule has 6 heteroatoms. The molecule has 1 amide bonds. The van der Waals surface area contributed by atoms with Crippen molar-refractivity contribution in [3.05, 3.63) is 23.9 Å². The van der Waals surface area contributed by atoms with Gasteiger partial charge in [-0.25, -0.2) is 4.98 Å². The lowest BCUT2D eigenvalue weighted by molar-refractivity contribution is -0.133. The lowest BCUT2D eigenvalue weighted by Gasteiger charge is -2.33. The maximum absolute atomic E-state index is 12.3. The Morgan fingerprint density at radius 3 is 2.96 bits per heavy atom. The first kappa shape index (κ1) is 16.2. The number of aromatic nitrogens is 1. The summed E-state index contributed by atoms with van der Waals surface area (Å²) in [6, 6.07) is 3.91. The molecular weight excluding hydrogens is 292 g/mol. The fourth-order valence-corrected chi connectivity index (χ4v) is 3.33. The van der Waals surface area contributed by atoms with Crippen LogP contribution in [0, 0.1) is 0 Å². The lowest BCUT2D eigenvalue weighted by atomic mass is 10.1. The van der Waals surface area contributed by atoms with Gasteiger partial charge in [-0.2, -0.15) is 0 Å². The Kier molecular flexibility index (Phi) is 5.46. The summed E-state index contributed by atoms with van der Waals surface area (Å²) in [4.78, 5) is 20.5. The van der Waals surface area contributed by atoms with Crippen LogP contribution in [-0.4, -0.2) is 66.1 Å². The first-order valence-electron chi connectivity index (χ1n) is 8.53. The van der Waals surface area contributed by atoms with E-state index in [1.807, 2.05) is 17.0 Å². The number of anilines is 1. The molecule has 0 aliphatic carbocycles. The van der Waals surface area contributed by atoms with E-state index in [4.69, 9.17) is 10.5 Å². The Balaban J connectivity index is 1.45. The minimum absolute atomic E-state index is 0.185. The number of nitrogen functional groups attached to an aromatic ring is 1. The number of rotatable bonds is 5. The Morgan fingerprint density at radius 2 is 2.17 bits per heavy atom. The van der Waals surface area contributed by atoms with Crippen molar-refractivity contribution in [1.29, 1.82) is 0 Å². The van der Waals surface area contributed by atoms with Gasteiger partial charge in [-0.05, 0) is 43.4 Å². The number of nitrogens with zero attached hydrogens (tertiary/aromatic N) is 3. The summed E-state index contributed by atoms with van der Waals surface area (Å²) in [5.74, 6) is 0.829. The summed E-state index contributed by atoms with van der Waals surface area (Å²) in [6.45, 7) is 4.77. The molecule has 0 bridgehead atoms. The maximum Gasteiger partial charge on any atom is 0.236 e. The third-order valence-corrected chi connectivity index (χ3v) is 4.64. The zero-order valence-corrected chi connectivity index (χ0v) is 13.6. The summed E-state index contributed by atoms with van der Waals surface area (Å²) < 4.78 is 5.85. The summed E-state index contributed by atoms with van der Waals surface area (Å²) in [5.41, 5.74) is 6.90. The van der Waals surface area contributed by atoms with Gasteiger partial charge in [-0.1, -0.05) is 0 Å². The van der Waals surface area contributed by atoms with Gasteiger partial charge in [0.1, 0.15) is 5.82 Å². The third-order valence-electron chi connectivity index (χ3n) is 4.64. The summed E-state index contributed by atoms with van der Waals surface area (Å²) in [5, 5.41) is 0. The molecule has 2 aliphatic rings.